The average molecular weight is 362 g/mol. The zero-order valence-corrected chi connectivity index (χ0v) is 17.4. The Balaban J connectivity index is 1.94. The van der Waals surface area contributed by atoms with Gasteiger partial charge in [-0.05, 0) is 99.9 Å². The Morgan fingerprint density at radius 3 is 1.22 bits per heavy atom. The predicted molar refractivity (Wildman–Crippen MR) is 109 cm³/mol. The molecule has 2 heterocycles. The first-order valence-corrected chi connectivity index (χ1v) is 9.29. The lowest BCUT2D eigenvalue weighted by Gasteiger charge is -2.15. The first-order valence-electron chi connectivity index (χ1n) is 9.29. The van der Waals surface area contributed by atoms with Gasteiger partial charge < -0.3 is 0 Å². The maximum atomic E-state index is 6.25. The molecule has 0 saturated heterocycles. The monoisotopic (exact) mass is 362 g/mol. The minimum atomic E-state index is 0.986. The van der Waals surface area contributed by atoms with E-state index in [-0.39, 0.29) is 0 Å². The van der Waals surface area contributed by atoms with Crippen molar-refractivity contribution in [3.05, 3.63) is 57.2 Å². The molecule has 27 heavy (non-hydrogen) atoms. The molecule has 0 aliphatic heterocycles. The molecule has 0 spiro atoms. The number of aryl methyl sites for hydroxylation is 4. The molecule has 0 atom stereocenters. The summed E-state index contributed by atoms with van der Waals surface area (Å²) >= 11 is 0. The average Bonchev–Trinajstić information content (AvgIpc) is 3.26. The van der Waals surface area contributed by atoms with E-state index in [1.165, 1.54) is 44.5 Å². The summed E-state index contributed by atoms with van der Waals surface area (Å²) in [6.07, 6.45) is 3.50. The SMILES string of the molecule is Cc1c(C)c(C)c2c(ncn2On2cnc3c(C)c(C)c(C)c(C)c32)c1C. The summed E-state index contributed by atoms with van der Waals surface area (Å²) in [5.74, 6) is 0. The van der Waals surface area contributed by atoms with Gasteiger partial charge >= 0.3 is 0 Å². The highest BCUT2D eigenvalue weighted by Crippen LogP contribution is 2.30. The van der Waals surface area contributed by atoms with E-state index >= 15 is 0 Å². The van der Waals surface area contributed by atoms with E-state index in [0.29, 0.717) is 0 Å². The summed E-state index contributed by atoms with van der Waals surface area (Å²) in [5, 5.41) is 0. The van der Waals surface area contributed by atoms with Crippen LogP contribution in [-0.2, 0) is 0 Å². The lowest BCUT2D eigenvalue weighted by Crippen LogP contribution is -2.17. The van der Waals surface area contributed by atoms with Crippen molar-refractivity contribution in [1.29, 1.82) is 0 Å². The van der Waals surface area contributed by atoms with Gasteiger partial charge in [-0.25, -0.2) is 9.97 Å². The Morgan fingerprint density at radius 1 is 0.519 bits per heavy atom. The third-order valence-corrected chi connectivity index (χ3v) is 6.44. The summed E-state index contributed by atoms with van der Waals surface area (Å²) in [7, 11) is 0. The quantitative estimate of drug-likeness (QED) is 0.517. The predicted octanol–water partition coefficient (Wildman–Crippen LogP) is 4.75. The van der Waals surface area contributed by atoms with Crippen LogP contribution in [0.15, 0.2) is 12.7 Å². The van der Waals surface area contributed by atoms with Crippen LogP contribution in [0, 0.1) is 55.4 Å². The molecule has 0 fully saturated rings. The van der Waals surface area contributed by atoms with E-state index in [1.807, 2.05) is 0 Å². The Labute approximate surface area is 159 Å². The molecule has 140 valence electrons. The number of nitrogens with zero attached hydrogens (tertiary/aromatic N) is 4. The van der Waals surface area contributed by atoms with Crippen molar-refractivity contribution < 1.29 is 4.94 Å². The lowest BCUT2D eigenvalue weighted by molar-refractivity contribution is 0.0493. The van der Waals surface area contributed by atoms with Crippen LogP contribution in [-0.4, -0.2) is 19.4 Å². The molecule has 4 aromatic rings. The van der Waals surface area contributed by atoms with Crippen LogP contribution in [0.4, 0.5) is 0 Å². The number of rotatable bonds is 2. The highest BCUT2D eigenvalue weighted by atomic mass is 16.8. The molecule has 0 unspecified atom stereocenters. The molecule has 0 radical (unpaired) electrons. The van der Waals surface area contributed by atoms with Gasteiger partial charge in [0, 0.05) is 0 Å². The summed E-state index contributed by atoms with van der Waals surface area (Å²) < 4.78 is 3.52. The zero-order valence-electron chi connectivity index (χ0n) is 17.4. The molecule has 2 aromatic carbocycles. The number of fused-ring (bicyclic) bond motifs is 2. The summed E-state index contributed by atoms with van der Waals surface area (Å²) in [6.45, 7) is 17.1. The largest absolute Gasteiger partial charge is 0.279 e. The maximum Gasteiger partial charge on any atom is 0.136 e. The molecule has 2 aromatic heterocycles. The number of imidazole rings is 2. The molecule has 5 nitrogen and oxygen atoms in total. The van der Waals surface area contributed by atoms with Crippen molar-refractivity contribution in [2.75, 3.05) is 0 Å². The molecule has 0 saturated carbocycles. The Hall–Kier alpha value is -2.82. The minimum absolute atomic E-state index is 0.986. The van der Waals surface area contributed by atoms with Crippen LogP contribution < -0.4 is 4.94 Å². The molecule has 0 aliphatic rings. The minimum Gasteiger partial charge on any atom is -0.279 e. The highest BCUT2D eigenvalue weighted by molar-refractivity contribution is 5.86. The fourth-order valence-corrected chi connectivity index (χ4v) is 3.96. The molecule has 4 rings (SSSR count). The van der Waals surface area contributed by atoms with Crippen molar-refractivity contribution in [1.82, 2.24) is 19.4 Å². The van der Waals surface area contributed by atoms with Gasteiger partial charge in [0.2, 0.25) is 0 Å². The van der Waals surface area contributed by atoms with E-state index in [4.69, 9.17) is 4.94 Å². The second-order valence-corrected chi connectivity index (χ2v) is 7.62. The fraction of sp³-hybridized carbons (Fsp3) is 0.364. The second-order valence-electron chi connectivity index (χ2n) is 7.62. The van der Waals surface area contributed by atoms with Gasteiger partial charge in [-0.15, -0.1) is 9.46 Å². The lowest BCUT2D eigenvalue weighted by atomic mass is 9.97. The third kappa shape index (κ3) is 2.30. The standard InChI is InChI=1S/C22H26N4O/c1-11-13(3)17(7)21-19(15(11)5)23-9-25(21)27-26-10-24-20-16(6)12(2)14(4)18(8)22(20)26/h9-10H,1-8H3. The Bertz CT molecular complexity index is 1130. The van der Waals surface area contributed by atoms with E-state index in [2.05, 4.69) is 65.4 Å². The van der Waals surface area contributed by atoms with E-state index in [0.717, 1.165) is 22.1 Å². The molecular formula is C22H26N4O. The van der Waals surface area contributed by atoms with Crippen LogP contribution in [0.3, 0.4) is 0 Å². The molecule has 0 bridgehead atoms. The van der Waals surface area contributed by atoms with E-state index < -0.39 is 0 Å². The topological polar surface area (TPSA) is 44.9 Å². The number of hydrogen-bond donors (Lipinski definition) is 0. The van der Waals surface area contributed by atoms with Gasteiger partial charge in [0.25, 0.3) is 0 Å². The fourth-order valence-electron chi connectivity index (χ4n) is 3.96. The smallest absolute Gasteiger partial charge is 0.136 e. The van der Waals surface area contributed by atoms with Crippen LogP contribution in [0.25, 0.3) is 22.1 Å². The van der Waals surface area contributed by atoms with Crippen LogP contribution in [0.2, 0.25) is 0 Å². The normalized spacial score (nSPS) is 11.7. The van der Waals surface area contributed by atoms with Gasteiger partial charge in [0.15, 0.2) is 0 Å². The van der Waals surface area contributed by atoms with Crippen molar-refractivity contribution in [3.8, 4) is 0 Å². The third-order valence-electron chi connectivity index (χ3n) is 6.44. The number of benzene rings is 2. The van der Waals surface area contributed by atoms with Crippen molar-refractivity contribution >= 4 is 22.1 Å². The maximum absolute atomic E-state index is 6.25. The first kappa shape index (κ1) is 17.6. The van der Waals surface area contributed by atoms with Crippen LogP contribution in [0.5, 0.6) is 0 Å². The first-order chi connectivity index (χ1) is 12.7. The van der Waals surface area contributed by atoms with Crippen molar-refractivity contribution in [2.24, 2.45) is 0 Å². The van der Waals surface area contributed by atoms with Gasteiger partial charge in [-0.2, -0.15) is 0 Å². The summed E-state index contributed by atoms with van der Waals surface area (Å²) in [5.41, 5.74) is 13.9. The van der Waals surface area contributed by atoms with Crippen molar-refractivity contribution in [2.45, 2.75) is 55.4 Å². The van der Waals surface area contributed by atoms with E-state index in [9.17, 15) is 0 Å². The highest BCUT2D eigenvalue weighted by Gasteiger charge is 2.18. The molecule has 0 aliphatic carbocycles. The van der Waals surface area contributed by atoms with Crippen LogP contribution in [0.1, 0.15) is 44.5 Å². The van der Waals surface area contributed by atoms with E-state index in [1.54, 1.807) is 22.1 Å². The summed E-state index contributed by atoms with van der Waals surface area (Å²) in [4.78, 5) is 15.5. The Morgan fingerprint density at radius 2 is 0.852 bits per heavy atom. The molecule has 5 heteroatoms. The van der Waals surface area contributed by atoms with Gasteiger partial charge in [-0.1, -0.05) is 0 Å². The molecule has 0 amide bonds. The molecule has 0 N–H and O–H groups in total. The number of hydrogen-bond acceptors (Lipinski definition) is 3. The zero-order chi connectivity index (χ0) is 19.6. The summed E-state index contributed by atoms with van der Waals surface area (Å²) in [6, 6.07) is 0. The van der Waals surface area contributed by atoms with Gasteiger partial charge in [0.05, 0.1) is 11.0 Å². The van der Waals surface area contributed by atoms with Gasteiger partial charge in [-0.3, -0.25) is 4.94 Å². The Kier molecular flexibility index (Phi) is 3.81. The van der Waals surface area contributed by atoms with Gasteiger partial charge in [0.1, 0.15) is 23.7 Å². The van der Waals surface area contributed by atoms with Crippen LogP contribution >= 0.6 is 0 Å². The van der Waals surface area contributed by atoms with Crippen molar-refractivity contribution in [3.63, 3.8) is 0 Å². The second kappa shape index (κ2) is 5.84. The number of aromatic nitrogens is 4. The molecular weight excluding hydrogens is 336 g/mol.